The van der Waals surface area contributed by atoms with Crippen molar-refractivity contribution in [3.05, 3.63) is 34.6 Å². The normalized spacial score (nSPS) is 29.3. The predicted molar refractivity (Wildman–Crippen MR) is 75.2 cm³/mol. The summed E-state index contributed by atoms with van der Waals surface area (Å²) in [5, 5.41) is 5.22. The topological polar surface area (TPSA) is 37.3 Å². The molecule has 0 aromatic carbocycles. The van der Waals surface area contributed by atoms with E-state index in [1.807, 2.05) is 6.21 Å². The van der Waals surface area contributed by atoms with Crippen molar-refractivity contribution in [1.29, 1.82) is 0 Å². The lowest BCUT2D eigenvalue weighted by Crippen LogP contribution is -2.09. The highest BCUT2D eigenvalue weighted by atomic mass is 35.5. The fourth-order valence-corrected chi connectivity index (χ4v) is 3.16. The van der Waals surface area contributed by atoms with E-state index in [2.05, 4.69) is 27.7 Å². The van der Waals surface area contributed by atoms with E-state index in [1.165, 1.54) is 12.8 Å². The van der Waals surface area contributed by atoms with Gasteiger partial charge in [0.2, 0.25) is 0 Å². The van der Waals surface area contributed by atoms with Gasteiger partial charge in [-0.05, 0) is 24.7 Å². The summed E-state index contributed by atoms with van der Waals surface area (Å²) < 4.78 is 0. The van der Waals surface area contributed by atoms with Gasteiger partial charge < -0.3 is 0 Å². The Morgan fingerprint density at radius 1 is 1.22 bits per heavy atom. The number of anilines is 1. The maximum absolute atomic E-state index is 5.99. The number of hydrazone groups is 1. The molecule has 3 atom stereocenters. The van der Waals surface area contributed by atoms with Gasteiger partial charge in [0.15, 0.2) is 0 Å². The first-order valence-electron chi connectivity index (χ1n) is 6.00. The molecule has 1 saturated carbocycles. The molecule has 1 N–H and O–H groups in total. The Morgan fingerprint density at radius 3 is 2.61 bits per heavy atom. The van der Waals surface area contributed by atoms with Gasteiger partial charge in [0.05, 0.1) is 15.7 Å². The van der Waals surface area contributed by atoms with E-state index >= 15 is 0 Å². The van der Waals surface area contributed by atoms with Crippen LogP contribution in [0.2, 0.25) is 10.0 Å². The minimum absolute atomic E-state index is 0.479. The fraction of sp³-hybridized carbons (Fsp3) is 0.385. The van der Waals surface area contributed by atoms with Crippen LogP contribution in [0.4, 0.5) is 5.69 Å². The van der Waals surface area contributed by atoms with Crippen LogP contribution in [-0.4, -0.2) is 11.2 Å². The summed E-state index contributed by atoms with van der Waals surface area (Å²) >= 11 is 12.0. The van der Waals surface area contributed by atoms with E-state index in [4.69, 9.17) is 23.2 Å². The Morgan fingerprint density at radius 2 is 2.00 bits per heavy atom. The molecule has 18 heavy (non-hydrogen) atoms. The van der Waals surface area contributed by atoms with Crippen molar-refractivity contribution in [2.24, 2.45) is 22.9 Å². The van der Waals surface area contributed by atoms with Crippen molar-refractivity contribution >= 4 is 35.1 Å². The van der Waals surface area contributed by atoms with E-state index in [9.17, 15) is 0 Å². The van der Waals surface area contributed by atoms with Crippen LogP contribution < -0.4 is 5.43 Å². The van der Waals surface area contributed by atoms with Crippen LogP contribution in [0.25, 0.3) is 0 Å². The zero-order chi connectivity index (χ0) is 12.5. The van der Waals surface area contributed by atoms with Crippen LogP contribution in [0.3, 0.4) is 0 Å². The molecule has 1 fully saturated rings. The van der Waals surface area contributed by atoms with Gasteiger partial charge in [-0.2, -0.15) is 5.10 Å². The van der Waals surface area contributed by atoms with Crippen LogP contribution in [-0.2, 0) is 0 Å². The monoisotopic (exact) mass is 281 g/mol. The van der Waals surface area contributed by atoms with Gasteiger partial charge in [0, 0.05) is 24.5 Å². The molecule has 0 spiro atoms. The molecule has 3 nitrogen and oxygen atoms in total. The SMILES string of the molecule is Clc1cncc(Cl)c1N/N=C\[C@@H]1C[C@H]2C=C[C@@H]1C2. The fourth-order valence-electron chi connectivity index (χ4n) is 2.71. The molecule has 2 bridgehead atoms. The molecule has 1 heterocycles. The average Bonchev–Trinajstić information content (AvgIpc) is 2.95. The molecule has 3 rings (SSSR count). The summed E-state index contributed by atoms with van der Waals surface area (Å²) in [6.07, 6.45) is 12.2. The number of halogens is 2. The molecule has 0 aliphatic heterocycles. The second kappa shape index (κ2) is 4.90. The van der Waals surface area contributed by atoms with Gasteiger partial charge in [-0.25, -0.2) is 0 Å². The van der Waals surface area contributed by atoms with Crippen molar-refractivity contribution in [3.8, 4) is 0 Å². The number of allylic oxidation sites excluding steroid dienone is 2. The average molecular weight is 282 g/mol. The minimum Gasteiger partial charge on any atom is -0.276 e. The van der Waals surface area contributed by atoms with E-state index in [0.717, 1.165) is 5.92 Å². The summed E-state index contributed by atoms with van der Waals surface area (Å²) in [6.45, 7) is 0. The lowest BCUT2D eigenvalue weighted by atomic mass is 9.95. The predicted octanol–water partition coefficient (Wildman–Crippen LogP) is 4.00. The van der Waals surface area contributed by atoms with Crippen molar-refractivity contribution in [3.63, 3.8) is 0 Å². The van der Waals surface area contributed by atoms with Gasteiger partial charge in [-0.15, -0.1) is 0 Å². The third kappa shape index (κ3) is 2.25. The van der Waals surface area contributed by atoms with E-state index in [0.29, 0.717) is 27.6 Å². The van der Waals surface area contributed by atoms with E-state index < -0.39 is 0 Å². The number of aromatic nitrogens is 1. The third-order valence-corrected chi connectivity index (χ3v) is 4.20. The summed E-state index contributed by atoms with van der Waals surface area (Å²) in [4.78, 5) is 3.90. The van der Waals surface area contributed by atoms with Crippen LogP contribution in [0, 0.1) is 17.8 Å². The number of rotatable bonds is 3. The second-order valence-corrected chi connectivity index (χ2v) is 5.63. The largest absolute Gasteiger partial charge is 0.276 e. The molecule has 5 heteroatoms. The summed E-state index contributed by atoms with van der Waals surface area (Å²) in [7, 11) is 0. The Kier molecular flexibility index (Phi) is 3.27. The number of nitrogens with one attached hydrogen (secondary N) is 1. The van der Waals surface area contributed by atoms with Crippen LogP contribution in [0.5, 0.6) is 0 Å². The van der Waals surface area contributed by atoms with Crippen molar-refractivity contribution < 1.29 is 0 Å². The molecule has 0 radical (unpaired) electrons. The molecule has 2 aliphatic rings. The molecule has 94 valence electrons. The van der Waals surface area contributed by atoms with Crippen LogP contribution in [0.15, 0.2) is 29.6 Å². The maximum atomic E-state index is 5.99. The van der Waals surface area contributed by atoms with Gasteiger partial charge in [0.1, 0.15) is 0 Å². The van der Waals surface area contributed by atoms with Crippen molar-refractivity contribution in [2.75, 3.05) is 5.43 Å². The first-order chi connectivity index (χ1) is 8.74. The van der Waals surface area contributed by atoms with Crippen molar-refractivity contribution in [1.82, 2.24) is 4.98 Å². The standard InChI is InChI=1S/C13H13Cl2N3/c14-11-6-16-7-12(15)13(11)18-17-5-10-4-8-1-2-9(10)3-8/h1-2,5-10H,3-4H2,(H,16,18)/b17-5-/t8-,9+,10-/m0/s1. The maximum Gasteiger partial charge on any atom is 0.0965 e. The summed E-state index contributed by atoms with van der Waals surface area (Å²) in [5.41, 5.74) is 3.52. The van der Waals surface area contributed by atoms with Gasteiger partial charge in [-0.3, -0.25) is 10.4 Å². The molecule has 1 aromatic rings. The highest BCUT2D eigenvalue weighted by Crippen LogP contribution is 2.42. The zero-order valence-electron chi connectivity index (χ0n) is 9.68. The van der Waals surface area contributed by atoms with Gasteiger partial charge >= 0.3 is 0 Å². The van der Waals surface area contributed by atoms with Gasteiger partial charge in [-0.1, -0.05) is 35.4 Å². The Balaban J connectivity index is 1.66. The Hall–Kier alpha value is -1.06. The molecule has 0 unspecified atom stereocenters. The third-order valence-electron chi connectivity index (χ3n) is 3.63. The minimum atomic E-state index is 0.479. The molecular formula is C13H13Cl2N3. The highest BCUT2D eigenvalue weighted by molar-refractivity contribution is 6.38. The number of hydrogen-bond acceptors (Lipinski definition) is 3. The Labute approximate surface area is 116 Å². The molecule has 1 aromatic heterocycles. The zero-order valence-corrected chi connectivity index (χ0v) is 11.2. The molecular weight excluding hydrogens is 269 g/mol. The molecule has 0 saturated heterocycles. The highest BCUT2D eigenvalue weighted by Gasteiger charge is 2.34. The van der Waals surface area contributed by atoms with E-state index in [-0.39, 0.29) is 0 Å². The van der Waals surface area contributed by atoms with Crippen LogP contribution >= 0.6 is 23.2 Å². The van der Waals surface area contributed by atoms with Crippen LogP contribution in [0.1, 0.15) is 12.8 Å². The molecule has 2 aliphatic carbocycles. The smallest absolute Gasteiger partial charge is 0.0965 e. The number of pyridine rings is 1. The Bertz CT molecular complexity index is 493. The summed E-state index contributed by atoms with van der Waals surface area (Å²) in [6, 6.07) is 0. The number of fused-ring (bicyclic) bond motifs is 2. The number of hydrogen-bond donors (Lipinski definition) is 1. The summed E-state index contributed by atoms with van der Waals surface area (Å²) in [5.74, 6) is 1.94. The second-order valence-electron chi connectivity index (χ2n) is 4.81. The quantitative estimate of drug-likeness (QED) is 0.517. The van der Waals surface area contributed by atoms with E-state index in [1.54, 1.807) is 12.4 Å². The van der Waals surface area contributed by atoms with Gasteiger partial charge in [0.25, 0.3) is 0 Å². The molecule has 0 amide bonds. The lowest BCUT2D eigenvalue weighted by molar-refractivity contribution is 0.594. The first kappa shape index (κ1) is 12.0. The number of nitrogens with zero attached hydrogens (tertiary/aromatic N) is 2. The first-order valence-corrected chi connectivity index (χ1v) is 6.76. The lowest BCUT2D eigenvalue weighted by Gasteiger charge is -2.12. The van der Waals surface area contributed by atoms with Crippen molar-refractivity contribution in [2.45, 2.75) is 12.8 Å².